The van der Waals surface area contributed by atoms with Crippen molar-refractivity contribution < 1.29 is 0 Å². The van der Waals surface area contributed by atoms with Crippen LogP contribution in [0.4, 0.5) is 0 Å². The summed E-state index contributed by atoms with van der Waals surface area (Å²) in [6, 6.07) is 50.1. The smallest absolute Gasteiger partial charge is 0.0620 e. The standard InChI is InChI=1S/C46H37N/c1-28(2)33-15-17-35-26-44-40(24-37(35)22-33)42-20-30(19-39(31-11-7-5-8-12-31)32-13-9-6-10-14-32)21-43-41-25-38-23-34(29(3)4)16-18-36(38)27-45(41)47(44)46(42)43/h5-29H,1-4H3. The second-order valence-electron chi connectivity index (χ2n) is 13.9. The number of rotatable bonds is 5. The molecule has 7 aromatic carbocycles. The Hall–Kier alpha value is -5.40. The predicted octanol–water partition coefficient (Wildman–Crippen LogP) is 13.0. The molecular weight excluding hydrogens is 567 g/mol. The second kappa shape index (κ2) is 10.6. The molecular formula is C46H37N. The lowest BCUT2D eigenvalue weighted by Crippen LogP contribution is -1.88. The van der Waals surface area contributed by atoms with Gasteiger partial charge in [-0.25, -0.2) is 0 Å². The fraction of sp³-hybridized carbons (Fsp3) is 0.130. The molecule has 0 saturated carbocycles. The molecule has 0 atom stereocenters. The largest absolute Gasteiger partial charge is 0.308 e. The zero-order valence-corrected chi connectivity index (χ0v) is 27.4. The zero-order valence-electron chi connectivity index (χ0n) is 27.4. The van der Waals surface area contributed by atoms with Crippen molar-refractivity contribution in [1.29, 1.82) is 0 Å². The first kappa shape index (κ1) is 27.9. The van der Waals surface area contributed by atoms with Gasteiger partial charge < -0.3 is 4.40 Å². The summed E-state index contributed by atoms with van der Waals surface area (Å²) in [5.74, 6) is 0.980. The molecule has 0 radical (unpaired) electrons. The fourth-order valence-corrected chi connectivity index (χ4v) is 7.63. The zero-order chi connectivity index (χ0) is 31.8. The molecule has 1 nitrogen and oxygen atoms in total. The van der Waals surface area contributed by atoms with E-state index in [0.29, 0.717) is 11.8 Å². The summed E-state index contributed by atoms with van der Waals surface area (Å²) in [5.41, 5.74) is 11.5. The summed E-state index contributed by atoms with van der Waals surface area (Å²) in [5, 5.41) is 10.4. The van der Waals surface area contributed by atoms with Gasteiger partial charge in [0.2, 0.25) is 0 Å². The van der Waals surface area contributed by atoms with Crippen molar-refractivity contribution in [2.45, 2.75) is 39.5 Å². The van der Waals surface area contributed by atoms with Crippen molar-refractivity contribution in [2.24, 2.45) is 0 Å². The van der Waals surface area contributed by atoms with E-state index in [-0.39, 0.29) is 0 Å². The highest BCUT2D eigenvalue weighted by atomic mass is 14.9. The minimum Gasteiger partial charge on any atom is -0.308 e. The maximum absolute atomic E-state index is 2.53. The molecule has 0 aliphatic rings. The van der Waals surface area contributed by atoms with Crippen LogP contribution >= 0.6 is 0 Å². The van der Waals surface area contributed by atoms with Gasteiger partial charge in [0.15, 0.2) is 0 Å². The van der Waals surface area contributed by atoms with E-state index in [9.17, 15) is 0 Å². The number of fused-ring (bicyclic) bond motifs is 8. The third kappa shape index (κ3) is 4.45. The van der Waals surface area contributed by atoms with Gasteiger partial charge in [-0.2, -0.15) is 0 Å². The lowest BCUT2D eigenvalue weighted by Gasteiger charge is -2.10. The average molecular weight is 604 g/mol. The third-order valence-electron chi connectivity index (χ3n) is 10.2. The maximum Gasteiger partial charge on any atom is 0.0620 e. The third-order valence-corrected chi connectivity index (χ3v) is 10.2. The molecule has 47 heavy (non-hydrogen) atoms. The predicted molar refractivity (Wildman–Crippen MR) is 204 cm³/mol. The summed E-state index contributed by atoms with van der Waals surface area (Å²) < 4.78 is 2.53. The van der Waals surface area contributed by atoms with Crippen molar-refractivity contribution in [3.63, 3.8) is 0 Å². The Labute approximate surface area is 275 Å². The SMILES string of the molecule is CC(C)c1ccc2cc3c(cc2c1)c1cc(C=C(c2ccccc2)c2ccccc2)cc2c4cc5cc(C(C)C)ccc5cc4n3c12. The average Bonchev–Trinajstić information content (AvgIpc) is 3.58. The van der Waals surface area contributed by atoms with Crippen LogP contribution in [0.5, 0.6) is 0 Å². The molecule has 0 aliphatic carbocycles. The number of hydrogen-bond donors (Lipinski definition) is 0. The molecule has 226 valence electrons. The first-order valence-electron chi connectivity index (χ1n) is 16.9. The van der Waals surface area contributed by atoms with Gasteiger partial charge in [-0.15, -0.1) is 0 Å². The number of hydrogen-bond acceptors (Lipinski definition) is 0. The minimum absolute atomic E-state index is 0.490. The van der Waals surface area contributed by atoms with Crippen molar-refractivity contribution >= 4 is 71.3 Å². The van der Waals surface area contributed by atoms with E-state index in [0.717, 1.165) is 0 Å². The Balaban J connectivity index is 1.41. The first-order valence-corrected chi connectivity index (χ1v) is 16.9. The van der Waals surface area contributed by atoms with Crippen molar-refractivity contribution in [3.05, 3.63) is 161 Å². The summed E-state index contributed by atoms with van der Waals surface area (Å²) in [7, 11) is 0. The van der Waals surface area contributed by atoms with Crippen LogP contribution < -0.4 is 0 Å². The van der Waals surface area contributed by atoms with Crippen LogP contribution in [0, 0.1) is 0 Å². The topological polar surface area (TPSA) is 4.41 Å². The normalized spacial score (nSPS) is 12.2. The minimum atomic E-state index is 0.490. The highest BCUT2D eigenvalue weighted by Crippen LogP contribution is 2.43. The van der Waals surface area contributed by atoms with Crippen LogP contribution in [0.25, 0.3) is 71.3 Å². The molecule has 0 unspecified atom stereocenters. The molecule has 1 heteroatoms. The number of benzene rings is 7. The van der Waals surface area contributed by atoms with Crippen LogP contribution in [0.15, 0.2) is 133 Å². The summed E-state index contributed by atoms with van der Waals surface area (Å²) in [4.78, 5) is 0. The van der Waals surface area contributed by atoms with Crippen LogP contribution in [-0.2, 0) is 0 Å². The molecule has 2 heterocycles. The van der Waals surface area contributed by atoms with Crippen LogP contribution in [-0.4, -0.2) is 4.40 Å². The van der Waals surface area contributed by atoms with Crippen LogP contribution in [0.2, 0.25) is 0 Å². The molecule has 9 aromatic rings. The molecule has 0 aliphatic heterocycles. The Kier molecular flexibility index (Phi) is 6.27. The molecule has 9 rings (SSSR count). The molecule has 2 aromatic heterocycles. The monoisotopic (exact) mass is 603 g/mol. The van der Waals surface area contributed by atoms with Gasteiger partial charge in [-0.1, -0.05) is 125 Å². The lowest BCUT2D eigenvalue weighted by atomic mass is 9.94. The van der Waals surface area contributed by atoms with E-state index in [1.165, 1.54) is 93.0 Å². The number of aromatic nitrogens is 1. The van der Waals surface area contributed by atoms with Gasteiger partial charge in [-0.05, 0) is 109 Å². The van der Waals surface area contributed by atoms with Gasteiger partial charge >= 0.3 is 0 Å². The van der Waals surface area contributed by atoms with Gasteiger partial charge in [0.05, 0.1) is 16.6 Å². The Bertz CT molecular complexity index is 2480. The van der Waals surface area contributed by atoms with Crippen molar-refractivity contribution in [1.82, 2.24) is 4.40 Å². The fourth-order valence-electron chi connectivity index (χ4n) is 7.63. The second-order valence-corrected chi connectivity index (χ2v) is 13.9. The quantitative estimate of drug-likeness (QED) is 0.172. The van der Waals surface area contributed by atoms with E-state index >= 15 is 0 Å². The van der Waals surface area contributed by atoms with Gasteiger partial charge in [0.1, 0.15) is 0 Å². The summed E-state index contributed by atoms with van der Waals surface area (Å²) in [6.07, 6.45) is 2.39. The maximum atomic E-state index is 2.53. The van der Waals surface area contributed by atoms with Gasteiger partial charge in [-0.3, -0.25) is 0 Å². The lowest BCUT2D eigenvalue weighted by molar-refractivity contribution is 0.869. The summed E-state index contributed by atoms with van der Waals surface area (Å²) in [6.45, 7) is 9.10. The molecule has 0 spiro atoms. The molecule has 0 fully saturated rings. The van der Waals surface area contributed by atoms with E-state index in [1.54, 1.807) is 0 Å². The highest BCUT2D eigenvalue weighted by molar-refractivity contribution is 6.26. The van der Waals surface area contributed by atoms with E-state index in [4.69, 9.17) is 0 Å². The molecule has 0 amide bonds. The number of nitrogens with zero attached hydrogens (tertiary/aromatic N) is 1. The van der Waals surface area contributed by atoms with Gasteiger partial charge in [0, 0.05) is 21.5 Å². The van der Waals surface area contributed by atoms with E-state index in [1.807, 2.05) is 0 Å². The van der Waals surface area contributed by atoms with Crippen molar-refractivity contribution in [2.75, 3.05) is 0 Å². The summed E-state index contributed by atoms with van der Waals surface area (Å²) >= 11 is 0. The Morgan fingerprint density at radius 3 is 1.38 bits per heavy atom. The Morgan fingerprint density at radius 1 is 0.468 bits per heavy atom. The van der Waals surface area contributed by atoms with Crippen molar-refractivity contribution in [3.8, 4) is 0 Å². The Morgan fingerprint density at radius 2 is 0.936 bits per heavy atom. The highest BCUT2D eigenvalue weighted by Gasteiger charge is 2.20. The first-order chi connectivity index (χ1) is 22.9. The van der Waals surface area contributed by atoms with E-state index in [2.05, 4.69) is 172 Å². The molecule has 0 saturated heterocycles. The van der Waals surface area contributed by atoms with Crippen LogP contribution in [0.3, 0.4) is 0 Å². The molecule has 0 N–H and O–H groups in total. The molecule has 0 bridgehead atoms. The van der Waals surface area contributed by atoms with Crippen LogP contribution in [0.1, 0.15) is 67.3 Å². The van der Waals surface area contributed by atoms with Gasteiger partial charge in [0.25, 0.3) is 0 Å². The van der Waals surface area contributed by atoms with E-state index < -0.39 is 0 Å².